The fraction of sp³-hybridized carbons (Fsp3) is 0.0714. The Hall–Kier alpha value is -3.15. The highest BCUT2D eigenvalue weighted by molar-refractivity contribution is 5.53. The number of nitriles is 1. The van der Waals surface area contributed by atoms with Crippen LogP contribution in [0, 0.1) is 27.3 Å². The van der Waals surface area contributed by atoms with Crippen LogP contribution < -0.4 is 4.74 Å². The molecular formula is C14H6F4N2O3. The Morgan fingerprint density at radius 3 is 2.43 bits per heavy atom. The van der Waals surface area contributed by atoms with Gasteiger partial charge in [0.05, 0.1) is 10.5 Å². The number of hydrogen-bond acceptors (Lipinski definition) is 4. The summed E-state index contributed by atoms with van der Waals surface area (Å²) in [4.78, 5) is 9.87. The van der Waals surface area contributed by atoms with Crippen molar-refractivity contribution in [2.24, 2.45) is 0 Å². The SMILES string of the molecule is N#Cc1c(F)cccc1Oc1ccc(C(F)(F)F)cc1[N+](=O)[O-]. The van der Waals surface area contributed by atoms with E-state index in [1.807, 2.05) is 0 Å². The number of hydrogen-bond donors (Lipinski definition) is 0. The molecule has 0 aliphatic rings. The second-order valence-corrected chi connectivity index (χ2v) is 4.26. The molecule has 5 nitrogen and oxygen atoms in total. The maximum absolute atomic E-state index is 13.4. The highest BCUT2D eigenvalue weighted by Gasteiger charge is 2.33. The number of rotatable bonds is 3. The maximum atomic E-state index is 13.4. The molecule has 2 aromatic carbocycles. The van der Waals surface area contributed by atoms with Crippen LogP contribution >= 0.6 is 0 Å². The molecule has 0 heterocycles. The average Bonchev–Trinajstić information content (AvgIpc) is 2.46. The predicted octanol–water partition coefficient (Wildman–Crippen LogP) is 4.42. The Kier molecular flexibility index (Phi) is 4.18. The third-order valence-electron chi connectivity index (χ3n) is 2.79. The van der Waals surface area contributed by atoms with E-state index >= 15 is 0 Å². The molecule has 0 aromatic heterocycles. The van der Waals surface area contributed by atoms with E-state index < -0.39 is 39.5 Å². The van der Waals surface area contributed by atoms with Crippen molar-refractivity contribution in [2.45, 2.75) is 6.18 Å². The third kappa shape index (κ3) is 3.37. The molecule has 0 aliphatic carbocycles. The van der Waals surface area contributed by atoms with Crippen LogP contribution in [-0.2, 0) is 6.18 Å². The van der Waals surface area contributed by atoms with E-state index in [1.165, 1.54) is 18.2 Å². The molecule has 0 fully saturated rings. The zero-order chi connectivity index (χ0) is 17.2. The Bertz CT molecular complexity index is 813. The first-order valence-corrected chi connectivity index (χ1v) is 5.96. The van der Waals surface area contributed by atoms with Crippen LogP contribution in [0.15, 0.2) is 36.4 Å². The number of nitrogens with zero attached hydrogens (tertiary/aromatic N) is 2. The number of halogens is 4. The normalized spacial score (nSPS) is 10.9. The average molecular weight is 326 g/mol. The summed E-state index contributed by atoms with van der Waals surface area (Å²) in [6.07, 6.45) is -4.76. The summed E-state index contributed by atoms with van der Waals surface area (Å²) in [6.45, 7) is 0. The second kappa shape index (κ2) is 5.92. The van der Waals surface area contributed by atoms with Crippen molar-refractivity contribution in [3.05, 3.63) is 63.5 Å². The van der Waals surface area contributed by atoms with Crippen molar-refractivity contribution >= 4 is 5.69 Å². The van der Waals surface area contributed by atoms with Gasteiger partial charge in [-0.2, -0.15) is 18.4 Å². The molecule has 0 radical (unpaired) electrons. The fourth-order valence-corrected chi connectivity index (χ4v) is 1.74. The molecule has 23 heavy (non-hydrogen) atoms. The van der Waals surface area contributed by atoms with Crippen LogP contribution in [0.25, 0.3) is 0 Å². The molecule has 0 amide bonds. The molecule has 0 N–H and O–H groups in total. The standard InChI is InChI=1S/C14H6F4N2O3/c15-10-2-1-3-12(9(10)7-19)23-13-5-4-8(14(16,17)18)6-11(13)20(21)22/h1-6H. The minimum atomic E-state index is -4.76. The van der Waals surface area contributed by atoms with Gasteiger partial charge < -0.3 is 4.74 Å². The summed E-state index contributed by atoms with van der Waals surface area (Å²) >= 11 is 0. The Balaban J connectivity index is 2.51. The minimum absolute atomic E-state index is 0.306. The molecule has 0 aliphatic heterocycles. The van der Waals surface area contributed by atoms with Crippen LogP contribution in [-0.4, -0.2) is 4.92 Å². The van der Waals surface area contributed by atoms with Crippen LogP contribution in [0.5, 0.6) is 11.5 Å². The van der Waals surface area contributed by atoms with Crippen molar-refractivity contribution in [2.75, 3.05) is 0 Å². The van der Waals surface area contributed by atoms with Crippen molar-refractivity contribution in [1.82, 2.24) is 0 Å². The molecular weight excluding hydrogens is 320 g/mol. The number of benzene rings is 2. The van der Waals surface area contributed by atoms with E-state index in [-0.39, 0.29) is 5.75 Å². The summed E-state index contributed by atoms with van der Waals surface area (Å²) in [6, 6.07) is 6.50. The van der Waals surface area contributed by atoms with E-state index in [9.17, 15) is 27.7 Å². The first-order chi connectivity index (χ1) is 10.7. The lowest BCUT2D eigenvalue weighted by Crippen LogP contribution is -2.06. The van der Waals surface area contributed by atoms with Crippen molar-refractivity contribution in [1.29, 1.82) is 5.26 Å². The molecule has 0 saturated heterocycles. The summed E-state index contributed by atoms with van der Waals surface area (Å²) < 4.78 is 56.3. The van der Waals surface area contributed by atoms with Gasteiger partial charge >= 0.3 is 11.9 Å². The van der Waals surface area contributed by atoms with Gasteiger partial charge in [-0.25, -0.2) is 4.39 Å². The van der Waals surface area contributed by atoms with Crippen LogP contribution in [0.4, 0.5) is 23.2 Å². The van der Waals surface area contributed by atoms with E-state index in [2.05, 4.69) is 0 Å². The molecule has 118 valence electrons. The lowest BCUT2D eigenvalue weighted by Gasteiger charge is -2.10. The van der Waals surface area contributed by atoms with Gasteiger partial charge in [0.15, 0.2) is 0 Å². The van der Waals surface area contributed by atoms with E-state index in [1.54, 1.807) is 0 Å². The molecule has 0 saturated carbocycles. The second-order valence-electron chi connectivity index (χ2n) is 4.26. The van der Waals surface area contributed by atoms with Gasteiger partial charge in [0.1, 0.15) is 23.2 Å². The monoisotopic (exact) mass is 326 g/mol. The minimum Gasteiger partial charge on any atom is -0.449 e. The molecule has 0 spiro atoms. The molecule has 0 atom stereocenters. The highest BCUT2D eigenvalue weighted by Crippen LogP contribution is 2.38. The van der Waals surface area contributed by atoms with E-state index in [0.717, 1.165) is 12.1 Å². The maximum Gasteiger partial charge on any atom is 0.416 e. The first-order valence-electron chi connectivity index (χ1n) is 5.96. The lowest BCUT2D eigenvalue weighted by molar-refractivity contribution is -0.385. The van der Waals surface area contributed by atoms with Crippen molar-refractivity contribution in [3.63, 3.8) is 0 Å². The van der Waals surface area contributed by atoms with E-state index in [4.69, 9.17) is 10.00 Å². The fourth-order valence-electron chi connectivity index (χ4n) is 1.74. The number of alkyl halides is 3. The van der Waals surface area contributed by atoms with Crippen molar-refractivity contribution < 1.29 is 27.2 Å². The van der Waals surface area contributed by atoms with Crippen molar-refractivity contribution in [3.8, 4) is 17.6 Å². The quantitative estimate of drug-likeness (QED) is 0.475. The molecule has 9 heteroatoms. The molecule has 2 rings (SSSR count). The zero-order valence-corrected chi connectivity index (χ0v) is 11.1. The van der Waals surface area contributed by atoms with Crippen LogP contribution in [0.2, 0.25) is 0 Å². The summed E-state index contributed by atoms with van der Waals surface area (Å²) in [5, 5.41) is 19.8. The topological polar surface area (TPSA) is 76.2 Å². The molecule has 0 bridgehead atoms. The predicted molar refractivity (Wildman–Crippen MR) is 69.3 cm³/mol. The van der Waals surface area contributed by atoms with E-state index in [0.29, 0.717) is 12.1 Å². The van der Waals surface area contributed by atoms with Crippen LogP contribution in [0.3, 0.4) is 0 Å². The summed E-state index contributed by atoms with van der Waals surface area (Å²) in [5.74, 6) is -1.79. The zero-order valence-electron chi connectivity index (χ0n) is 11.1. The summed E-state index contributed by atoms with van der Waals surface area (Å²) in [7, 11) is 0. The molecule has 0 unspecified atom stereocenters. The third-order valence-corrected chi connectivity index (χ3v) is 2.79. The Labute approximate surface area is 126 Å². The van der Waals surface area contributed by atoms with Gasteiger partial charge in [0.25, 0.3) is 0 Å². The number of nitro groups is 1. The number of ether oxygens (including phenoxy) is 1. The summed E-state index contributed by atoms with van der Waals surface area (Å²) in [5.41, 5.74) is -2.69. The van der Waals surface area contributed by atoms with Gasteiger partial charge in [0.2, 0.25) is 5.75 Å². The largest absolute Gasteiger partial charge is 0.449 e. The lowest BCUT2D eigenvalue weighted by atomic mass is 10.1. The smallest absolute Gasteiger partial charge is 0.416 e. The van der Waals surface area contributed by atoms with Crippen LogP contribution in [0.1, 0.15) is 11.1 Å². The van der Waals surface area contributed by atoms with Gasteiger partial charge in [-0.3, -0.25) is 10.1 Å². The van der Waals surface area contributed by atoms with Gasteiger partial charge in [-0.05, 0) is 24.3 Å². The Morgan fingerprint density at radius 1 is 1.17 bits per heavy atom. The number of nitro benzene ring substituents is 1. The highest BCUT2D eigenvalue weighted by atomic mass is 19.4. The Morgan fingerprint density at radius 2 is 1.87 bits per heavy atom. The van der Waals surface area contributed by atoms with Gasteiger partial charge in [0, 0.05) is 6.07 Å². The molecule has 2 aromatic rings. The first kappa shape index (κ1) is 16.2. The van der Waals surface area contributed by atoms with Gasteiger partial charge in [-0.1, -0.05) is 6.07 Å². The van der Waals surface area contributed by atoms with Gasteiger partial charge in [-0.15, -0.1) is 0 Å².